The van der Waals surface area contributed by atoms with E-state index in [0.29, 0.717) is 11.7 Å². The lowest BCUT2D eigenvalue weighted by atomic mass is 10.1. The fraction of sp³-hybridized carbons (Fsp3) is 0.125. The Balaban J connectivity index is 1.71. The van der Waals surface area contributed by atoms with Gasteiger partial charge in [0.25, 0.3) is 5.91 Å². The van der Waals surface area contributed by atoms with Crippen LogP contribution in [0.3, 0.4) is 0 Å². The number of nitrogens with one attached hydrogen (secondary N) is 1. The van der Waals surface area contributed by atoms with Crippen LogP contribution in [0.25, 0.3) is 11.4 Å². The van der Waals surface area contributed by atoms with Crippen molar-refractivity contribution in [2.75, 3.05) is 7.11 Å². The molecule has 0 spiro atoms. The summed E-state index contributed by atoms with van der Waals surface area (Å²) in [6.07, 6.45) is 2.63. The molecule has 3 rings (SSSR count). The summed E-state index contributed by atoms with van der Waals surface area (Å²) in [7, 11) is 1.24. The number of carbonyl (C=O) groups excluding carboxylic acids is 2. The Hall–Kier alpha value is -3.27. The normalized spacial score (nSPS) is 17.2. The average Bonchev–Trinajstić information content (AvgIpc) is 3.21. The van der Waals surface area contributed by atoms with Crippen molar-refractivity contribution in [2.24, 2.45) is 10.2 Å². The maximum Gasteiger partial charge on any atom is 0.331 e. The van der Waals surface area contributed by atoms with Crippen LogP contribution in [-0.2, 0) is 14.3 Å². The molecule has 132 valence electrons. The van der Waals surface area contributed by atoms with Gasteiger partial charge in [0.15, 0.2) is 5.17 Å². The molecule has 0 aliphatic carbocycles. The van der Waals surface area contributed by atoms with Crippen LogP contribution in [0.5, 0.6) is 0 Å². The molecule has 0 saturated carbocycles. The topological polar surface area (TPSA) is 119 Å². The molecule has 10 heteroatoms. The number of rotatable bonds is 4. The molecule has 1 aliphatic heterocycles. The van der Waals surface area contributed by atoms with E-state index in [4.69, 9.17) is 4.52 Å². The van der Waals surface area contributed by atoms with Crippen LogP contribution in [0.2, 0.25) is 0 Å². The van der Waals surface area contributed by atoms with E-state index in [1.807, 2.05) is 24.3 Å². The molecule has 2 heterocycles. The van der Waals surface area contributed by atoms with Gasteiger partial charge in [-0.05, 0) is 23.4 Å². The molecule has 1 aliphatic rings. The third kappa shape index (κ3) is 4.22. The number of thioether (sulfide) groups is 1. The van der Waals surface area contributed by atoms with Crippen LogP contribution in [0.15, 0.2) is 50.0 Å². The number of aromatic nitrogens is 2. The molecule has 1 aromatic carbocycles. The van der Waals surface area contributed by atoms with Crippen LogP contribution in [0.1, 0.15) is 11.5 Å². The first kappa shape index (κ1) is 17.5. The van der Waals surface area contributed by atoms with Gasteiger partial charge in [-0.15, -0.1) is 5.10 Å². The number of amidine groups is 1. The van der Waals surface area contributed by atoms with Crippen LogP contribution in [0.4, 0.5) is 0 Å². The third-order valence-corrected chi connectivity index (χ3v) is 4.03. The number of hydrogen-bond acceptors (Lipinski definition) is 9. The lowest BCUT2D eigenvalue weighted by Crippen LogP contribution is -2.19. The highest BCUT2D eigenvalue weighted by Crippen LogP contribution is 2.23. The number of amides is 1. The van der Waals surface area contributed by atoms with Gasteiger partial charge in [-0.1, -0.05) is 23.4 Å². The Morgan fingerprint density at radius 2 is 2.27 bits per heavy atom. The molecule has 0 radical (unpaired) electrons. The number of benzene rings is 1. The molecule has 1 aromatic heterocycles. The Morgan fingerprint density at radius 1 is 1.42 bits per heavy atom. The quantitative estimate of drug-likeness (QED) is 0.376. The molecule has 1 N–H and O–H groups in total. The van der Waals surface area contributed by atoms with Crippen molar-refractivity contribution < 1.29 is 18.8 Å². The summed E-state index contributed by atoms with van der Waals surface area (Å²) in [4.78, 5) is 27.3. The maximum atomic E-state index is 11.7. The van der Waals surface area contributed by atoms with Crippen molar-refractivity contribution in [1.29, 1.82) is 0 Å². The Bertz CT molecular complexity index is 948. The van der Waals surface area contributed by atoms with Gasteiger partial charge >= 0.3 is 5.97 Å². The van der Waals surface area contributed by atoms with Gasteiger partial charge in [0, 0.05) is 18.6 Å². The monoisotopic (exact) mass is 371 g/mol. The number of aryl methyl sites for hydroxylation is 1. The number of nitrogens with zero attached hydrogens (tertiary/aromatic N) is 4. The molecular weight excluding hydrogens is 358 g/mol. The minimum Gasteiger partial charge on any atom is -0.466 e. The molecule has 1 amide bonds. The van der Waals surface area contributed by atoms with Crippen LogP contribution >= 0.6 is 11.8 Å². The summed E-state index contributed by atoms with van der Waals surface area (Å²) in [5.41, 5.74) is 1.55. The molecular formula is C16H13N5O4S. The zero-order valence-electron chi connectivity index (χ0n) is 13.8. The molecule has 2 aromatic rings. The summed E-state index contributed by atoms with van der Waals surface area (Å²) < 4.78 is 9.45. The fourth-order valence-corrected chi connectivity index (χ4v) is 2.70. The van der Waals surface area contributed by atoms with E-state index in [-0.39, 0.29) is 10.1 Å². The predicted octanol–water partition coefficient (Wildman–Crippen LogP) is 1.65. The summed E-state index contributed by atoms with van der Waals surface area (Å²) >= 11 is 1.00. The second-order valence-corrected chi connectivity index (χ2v) is 6.03. The number of esters is 1. The van der Waals surface area contributed by atoms with E-state index in [1.54, 1.807) is 6.92 Å². The second-order valence-electron chi connectivity index (χ2n) is 5.00. The van der Waals surface area contributed by atoms with Crippen molar-refractivity contribution in [1.82, 2.24) is 15.5 Å². The fourth-order valence-electron chi connectivity index (χ4n) is 1.96. The van der Waals surface area contributed by atoms with Crippen LogP contribution in [-0.4, -0.2) is 40.5 Å². The average molecular weight is 371 g/mol. The largest absolute Gasteiger partial charge is 0.466 e. The zero-order valence-corrected chi connectivity index (χ0v) is 14.6. The van der Waals surface area contributed by atoms with Crippen molar-refractivity contribution in [3.05, 3.63) is 46.7 Å². The second kappa shape index (κ2) is 7.74. The Morgan fingerprint density at radius 3 is 3.00 bits per heavy atom. The van der Waals surface area contributed by atoms with Gasteiger partial charge in [0.05, 0.1) is 18.2 Å². The van der Waals surface area contributed by atoms with Gasteiger partial charge in [0.1, 0.15) is 0 Å². The lowest BCUT2D eigenvalue weighted by molar-refractivity contribution is -0.135. The maximum absolute atomic E-state index is 11.7. The molecule has 0 unspecified atom stereocenters. The van der Waals surface area contributed by atoms with E-state index < -0.39 is 11.9 Å². The predicted molar refractivity (Wildman–Crippen MR) is 95.3 cm³/mol. The highest BCUT2D eigenvalue weighted by molar-refractivity contribution is 8.18. The van der Waals surface area contributed by atoms with Gasteiger partial charge < -0.3 is 9.26 Å². The molecule has 0 bridgehead atoms. The SMILES string of the molecule is COC(=O)/C=C1/S/C(=N\N=Cc2cccc(-c3noc(C)n3)c2)NC1=O. The number of carbonyl (C=O) groups is 2. The highest BCUT2D eigenvalue weighted by Gasteiger charge is 2.24. The van der Waals surface area contributed by atoms with Gasteiger partial charge in [0.2, 0.25) is 11.7 Å². The number of ether oxygens (including phenoxy) is 1. The smallest absolute Gasteiger partial charge is 0.331 e. The van der Waals surface area contributed by atoms with Gasteiger partial charge in [-0.3, -0.25) is 10.1 Å². The number of hydrogen-bond donors (Lipinski definition) is 1. The molecule has 26 heavy (non-hydrogen) atoms. The van der Waals surface area contributed by atoms with E-state index in [2.05, 4.69) is 30.4 Å². The molecule has 0 atom stereocenters. The summed E-state index contributed by atoms with van der Waals surface area (Å²) in [5, 5.41) is 14.5. The molecule has 9 nitrogen and oxygen atoms in total. The number of methoxy groups -OCH3 is 1. The lowest BCUT2D eigenvalue weighted by Gasteiger charge is -1.96. The Labute approximate surface area is 152 Å². The van der Waals surface area contributed by atoms with Crippen molar-refractivity contribution in [2.45, 2.75) is 6.92 Å². The summed E-state index contributed by atoms with van der Waals surface area (Å²) in [6.45, 7) is 1.72. The summed E-state index contributed by atoms with van der Waals surface area (Å²) in [6, 6.07) is 7.35. The standard InChI is InChI=1S/C16H13N5O4S/c1-9-18-14(21-25-9)11-5-3-4-10(6-11)8-17-20-16-19-15(23)12(26-16)7-13(22)24-2/h3-8H,1-2H3,(H,19,20,23)/b12-7+,17-8?. The van der Waals surface area contributed by atoms with Gasteiger partial charge in [-0.2, -0.15) is 10.1 Å². The van der Waals surface area contributed by atoms with Crippen LogP contribution < -0.4 is 5.32 Å². The molecule has 1 saturated heterocycles. The van der Waals surface area contributed by atoms with Crippen molar-refractivity contribution in [3.63, 3.8) is 0 Å². The highest BCUT2D eigenvalue weighted by atomic mass is 32.2. The zero-order chi connectivity index (χ0) is 18.5. The van der Waals surface area contributed by atoms with E-state index >= 15 is 0 Å². The van der Waals surface area contributed by atoms with Crippen molar-refractivity contribution >= 4 is 35.0 Å². The van der Waals surface area contributed by atoms with E-state index in [1.165, 1.54) is 13.3 Å². The Kier molecular flexibility index (Phi) is 5.23. The molecule has 1 fully saturated rings. The first-order valence-corrected chi connectivity index (χ1v) is 8.17. The van der Waals surface area contributed by atoms with E-state index in [9.17, 15) is 9.59 Å². The third-order valence-electron chi connectivity index (χ3n) is 3.13. The van der Waals surface area contributed by atoms with Crippen LogP contribution in [0, 0.1) is 6.92 Å². The minimum absolute atomic E-state index is 0.195. The first-order valence-electron chi connectivity index (χ1n) is 7.36. The van der Waals surface area contributed by atoms with Gasteiger partial charge in [-0.25, -0.2) is 4.79 Å². The van der Waals surface area contributed by atoms with Crippen molar-refractivity contribution in [3.8, 4) is 11.4 Å². The van der Waals surface area contributed by atoms with E-state index in [0.717, 1.165) is 29.0 Å². The first-order chi connectivity index (χ1) is 12.5. The summed E-state index contributed by atoms with van der Waals surface area (Å²) in [5.74, 6) is -0.0692. The minimum atomic E-state index is -0.610.